The highest BCUT2D eigenvalue weighted by Crippen LogP contribution is 2.13. The summed E-state index contributed by atoms with van der Waals surface area (Å²) in [5.41, 5.74) is 8.64. The molecule has 3 aromatic carbocycles. The lowest BCUT2D eigenvalue weighted by Gasteiger charge is -2.31. The number of nitrogens with zero attached hydrogens (tertiary/aromatic N) is 2. The molecule has 1 atom stereocenters. The van der Waals surface area contributed by atoms with Gasteiger partial charge < -0.3 is 10.6 Å². The van der Waals surface area contributed by atoms with Gasteiger partial charge in [-0.2, -0.15) is 0 Å². The van der Waals surface area contributed by atoms with Gasteiger partial charge in [-0.1, -0.05) is 103 Å². The molecule has 202 valence electrons. The fraction of sp³-hybridized carbons (Fsp3) is 0.258. The van der Waals surface area contributed by atoms with E-state index < -0.39 is 29.7 Å². The third-order valence-corrected chi connectivity index (χ3v) is 6.76. The number of benzene rings is 3. The molecular formula is C31H33N3O4S. The highest BCUT2D eigenvalue weighted by Gasteiger charge is 2.40. The fourth-order valence-corrected chi connectivity index (χ4v) is 4.47. The van der Waals surface area contributed by atoms with Crippen molar-refractivity contribution in [2.75, 3.05) is 13.1 Å². The van der Waals surface area contributed by atoms with Crippen LogP contribution in [0.5, 0.6) is 0 Å². The number of imide groups is 1. The van der Waals surface area contributed by atoms with E-state index in [4.69, 9.17) is 18.0 Å². The third kappa shape index (κ3) is 8.68. The molecule has 0 aliphatic carbocycles. The largest absolute Gasteiger partial charge is 0.367 e. The molecule has 0 aliphatic rings. The van der Waals surface area contributed by atoms with E-state index in [1.54, 1.807) is 0 Å². The van der Waals surface area contributed by atoms with E-state index in [0.717, 1.165) is 23.6 Å². The number of hydrogen-bond donors (Lipinski definition) is 1. The molecule has 0 radical (unpaired) electrons. The molecule has 0 aliphatic heterocycles. The maximum Gasteiger partial charge on any atom is 0.268 e. The Morgan fingerprint density at radius 3 is 1.51 bits per heavy atom. The number of primary amides is 1. The van der Waals surface area contributed by atoms with E-state index in [2.05, 4.69) is 0 Å². The summed E-state index contributed by atoms with van der Waals surface area (Å²) in [6.45, 7) is 1.68. The predicted molar refractivity (Wildman–Crippen MR) is 155 cm³/mol. The Balaban J connectivity index is 1.82. The zero-order valence-corrected chi connectivity index (χ0v) is 22.8. The number of amides is 4. The second-order valence-corrected chi connectivity index (χ2v) is 9.70. The van der Waals surface area contributed by atoms with Crippen LogP contribution in [0.3, 0.4) is 0 Å². The zero-order chi connectivity index (χ0) is 28.2. The van der Waals surface area contributed by atoms with Crippen LogP contribution in [0.1, 0.15) is 30.0 Å². The molecule has 3 rings (SSSR count). The fourth-order valence-electron chi connectivity index (χ4n) is 4.27. The molecule has 0 saturated heterocycles. The number of rotatable bonds is 13. The summed E-state index contributed by atoms with van der Waals surface area (Å²) in [4.78, 5) is 54.5. The average Bonchev–Trinajstić information content (AvgIpc) is 2.95. The van der Waals surface area contributed by atoms with Crippen molar-refractivity contribution in [1.82, 2.24) is 9.80 Å². The van der Waals surface area contributed by atoms with Gasteiger partial charge in [-0.3, -0.25) is 24.1 Å². The molecular weight excluding hydrogens is 510 g/mol. The number of hydrogen-bond acceptors (Lipinski definition) is 5. The van der Waals surface area contributed by atoms with Gasteiger partial charge in [0.15, 0.2) is 6.04 Å². The second-order valence-electron chi connectivity index (χ2n) is 9.20. The summed E-state index contributed by atoms with van der Waals surface area (Å²) in [6.07, 6.45) is 1.71. The molecule has 39 heavy (non-hydrogen) atoms. The highest BCUT2D eigenvalue weighted by atomic mass is 32.1. The van der Waals surface area contributed by atoms with Crippen LogP contribution in [0, 0.1) is 0 Å². The van der Waals surface area contributed by atoms with E-state index in [0.29, 0.717) is 24.2 Å². The first-order valence-electron chi connectivity index (χ1n) is 12.8. The summed E-state index contributed by atoms with van der Waals surface area (Å²) in [5, 5.41) is 0. The van der Waals surface area contributed by atoms with Crippen molar-refractivity contribution < 1.29 is 19.2 Å². The smallest absolute Gasteiger partial charge is 0.268 e. The Kier molecular flexibility index (Phi) is 11.1. The minimum Gasteiger partial charge on any atom is -0.367 e. The SMILES string of the molecule is CC(=O)N(C(=O)C(=S)CCc1ccccc1)[C@@H](C(N)=O)C(=O)N(CCc1ccccc1)CCc1ccccc1. The van der Waals surface area contributed by atoms with Gasteiger partial charge in [-0.15, -0.1) is 0 Å². The van der Waals surface area contributed by atoms with Gasteiger partial charge in [0, 0.05) is 20.0 Å². The van der Waals surface area contributed by atoms with Gasteiger partial charge in [-0.05, 0) is 42.4 Å². The van der Waals surface area contributed by atoms with Crippen molar-refractivity contribution in [3.05, 3.63) is 108 Å². The van der Waals surface area contributed by atoms with E-state index in [1.165, 1.54) is 4.90 Å². The Hall–Kier alpha value is -4.17. The molecule has 0 spiro atoms. The first kappa shape index (κ1) is 29.4. The molecule has 0 saturated carbocycles. The molecule has 0 unspecified atom stereocenters. The lowest BCUT2D eigenvalue weighted by Crippen LogP contribution is -2.60. The lowest BCUT2D eigenvalue weighted by molar-refractivity contribution is -0.155. The molecule has 2 N–H and O–H groups in total. The Labute approximate surface area is 234 Å². The topological polar surface area (TPSA) is 101 Å². The molecule has 3 aromatic rings. The van der Waals surface area contributed by atoms with Gasteiger partial charge in [0.2, 0.25) is 5.91 Å². The Morgan fingerprint density at radius 1 is 0.718 bits per heavy atom. The number of aryl methyl sites for hydroxylation is 1. The van der Waals surface area contributed by atoms with Crippen molar-refractivity contribution in [2.45, 2.75) is 38.6 Å². The minimum absolute atomic E-state index is 0.0479. The molecule has 0 heterocycles. The van der Waals surface area contributed by atoms with Gasteiger partial charge in [0.1, 0.15) is 0 Å². The highest BCUT2D eigenvalue weighted by molar-refractivity contribution is 7.82. The normalized spacial score (nSPS) is 11.3. The van der Waals surface area contributed by atoms with Crippen LogP contribution in [0.25, 0.3) is 0 Å². The number of carbonyl (C=O) groups is 4. The monoisotopic (exact) mass is 543 g/mol. The summed E-state index contributed by atoms with van der Waals surface area (Å²) in [6, 6.07) is 26.9. The molecule has 0 bridgehead atoms. The zero-order valence-electron chi connectivity index (χ0n) is 22.0. The molecule has 8 heteroatoms. The van der Waals surface area contributed by atoms with Crippen LogP contribution in [0.15, 0.2) is 91.0 Å². The second kappa shape index (κ2) is 14.7. The van der Waals surface area contributed by atoms with E-state index in [-0.39, 0.29) is 24.4 Å². The average molecular weight is 544 g/mol. The van der Waals surface area contributed by atoms with Gasteiger partial charge >= 0.3 is 0 Å². The van der Waals surface area contributed by atoms with Crippen LogP contribution < -0.4 is 5.73 Å². The van der Waals surface area contributed by atoms with Crippen LogP contribution in [-0.4, -0.2) is 57.4 Å². The molecule has 4 amide bonds. The summed E-state index contributed by atoms with van der Waals surface area (Å²) in [5.74, 6) is -3.41. The maximum absolute atomic E-state index is 13.8. The van der Waals surface area contributed by atoms with Gasteiger partial charge in [-0.25, -0.2) is 0 Å². The molecule has 7 nitrogen and oxygen atoms in total. The summed E-state index contributed by atoms with van der Waals surface area (Å²) in [7, 11) is 0. The van der Waals surface area contributed by atoms with Crippen molar-refractivity contribution in [3.8, 4) is 0 Å². The van der Waals surface area contributed by atoms with Crippen LogP contribution in [0.4, 0.5) is 0 Å². The minimum atomic E-state index is -1.80. The summed E-state index contributed by atoms with van der Waals surface area (Å²) < 4.78 is 0. The van der Waals surface area contributed by atoms with Crippen molar-refractivity contribution in [1.29, 1.82) is 0 Å². The van der Waals surface area contributed by atoms with E-state index in [9.17, 15) is 19.2 Å². The van der Waals surface area contributed by atoms with Crippen molar-refractivity contribution in [2.24, 2.45) is 5.73 Å². The van der Waals surface area contributed by atoms with Crippen LogP contribution in [0.2, 0.25) is 0 Å². The first-order valence-corrected chi connectivity index (χ1v) is 13.3. The Bertz CT molecular complexity index is 1240. The van der Waals surface area contributed by atoms with E-state index >= 15 is 0 Å². The van der Waals surface area contributed by atoms with Crippen LogP contribution in [-0.2, 0) is 38.4 Å². The van der Waals surface area contributed by atoms with Gasteiger partial charge in [0.25, 0.3) is 17.7 Å². The standard InChI is InChI=1S/C31H33N3O4S/c1-23(35)34(30(37)27(39)18-17-24-11-5-2-6-12-24)28(29(32)36)31(38)33(21-19-25-13-7-3-8-14-25)22-20-26-15-9-4-10-16-26/h2-16,28H,17-22H2,1H3,(H2,32,36)/t28-/m0/s1. The molecule has 0 aromatic heterocycles. The quantitative estimate of drug-likeness (QED) is 0.263. The van der Waals surface area contributed by atoms with Crippen LogP contribution >= 0.6 is 12.2 Å². The van der Waals surface area contributed by atoms with Gasteiger partial charge in [0.05, 0.1) is 4.86 Å². The van der Waals surface area contributed by atoms with Crippen molar-refractivity contribution in [3.63, 3.8) is 0 Å². The predicted octanol–water partition coefficient (Wildman–Crippen LogP) is 3.53. The lowest BCUT2D eigenvalue weighted by atomic mass is 10.1. The number of thiocarbonyl (C=S) groups is 1. The Morgan fingerprint density at radius 2 is 1.13 bits per heavy atom. The number of carbonyl (C=O) groups excluding carboxylic acids is 4. The first-order chi connectivity index (χ1) is 18.8. The molecule has 0 fully saturated rings. The third-order valence-electron chi connectivity index (χ3n) is 6.38. The van der Waals surface area contributed by atoms with Crippen molar-refractivity contribution >= 4 is 40.7 Å². The number of nitrogens with two attached hydrogens (primary N) is 1. The maximum atomic E-state index is 13.8. The summed E-state index contributed by atoms with van der Waals surface area (Å²) >= 11 is 5.34. The van der Waals surface area contributed by atoms with E-state index in [1.807, 2.05) is 91.0 Å².